The van der Waals surface area contributed by atoms with Gasteiger partial charge in [-0.3, -0.25) is 0 Å². The summed E-state index contributed by atoms with van der Waals surface area (Å²) in [6, 6.07) is 7.37. The molecular weight excluding hydrogens is 270 g/mol. The van der Waals surface area contributed by atoms with Crippen molar-refractivity contribution in [1.29, 1.82) is 0 Å². The fourth-order valence-electron chi connectivity index (χ4n) is 1.44. The third-order valence-electron chi connectivity index (χ3n) is 2.33. The van der Waals surface area contributed by atoms with Crippen LogP contribution in [0.25, 0.3) is 0 Å². The van der Waals surface area contributed by atoms with Crippen LogP contribution in [-0.2, 0) is 0 Å². The fraction of sp³-hybridized carbons (Fsp3) is 0.182. The van der Waals surface area contributed by atoms with Crippen LogP contribution in [0.3, 0.4) is 0 Å². The maximum Gasteiger partial charge on any atom is 0.128 e. The van der Waals surface area contributed by atoms with E-state index in [0.29, 0.717) is 0 Å². The molecule has 0 aliphatic carbocycles. The molecule has 3 N–H and O–H groups in total. The minimum absolute atomic E-state index is 0.253. The number of nitrogens with two attached hydrogens (primary N) is 1. The summed E-state index contributed by atoms with van der Waals surface area (Å²) >= 11 is 3.30. The highest BCUT2D eigenvalue weighted by molar-refractivity contribution is 9.10. The number of hydrogen-bond acceptors (Lipinski definition) is 3. The zero-order chi connectivity index (χ0) is 11.5. The van der Waals surface area contributed by atoms with Crippen molar-refractivity contribution in [2.75, 3.05) is 7.11 Å². The average molecular weight is 282 g/mol. The molecule has 2 aromatic rings. The second-order valence-electron chi connectivity index (χ2n) is 3.37. The van der Waals surface area contributed by atoms with Gasteiger partial charge in [-0.25, -0.2) is 4.98 Å². The molecule has 1 aromatic heterocycles. The van der Waals surface area contributed by atoms with Crippen LogP contribution in [0.5, 0.6) is 5.75 Å². The summed E-state index contributed by atoms with van der Waals surface area (Å²) in [5.74, 6) is 1.55. The monoisotopic (exact) mass is 281 g/mol. The van der Waals surface area contributed by atoms with Gasteiger partial charge in [-0.05, 0) is 33.6 Å². The zero-order valence-corrected chi connectivity index (χ0v) is 10.4. The molecule has 5 heteroatoms. The molecule has 1 atom stereocenters. The number of aromatic nitrogens is 2. The van der Waals surface area contributed by atoms with E-state index in [0.717, 1.165) is 21.7 Å². The Morgan fingerprint density at radius 1 is 1.38 bits per heavy atom. The Kier molecular flexibility index (Phi) is 3.26. The average Bonchev–Trinajstić information content (AvgIpc) is 2.75. The van der Waals surface area contributed by atoms with Crippen molar-refractivity contribution in [1.82, 2.24) is 9.97 Å². The molecule has 0 saturated heterocycles. The van der Waals surface area contributed by atoms with E-state index in [4.69, 9.17) is 10.5 Å². The van der Waals surface area contributed by atoms with E-state index in [2.05, 4.69) is 25.9 Å². The maximum atomic E-state index is 6.07. The molecule has 1 aromatic carbocycles. The zero-order valence-electron chi connectivity index (χ0n) is 8.77. The summed E-state index contributed by atoms with van der Waals surface area (Å²) in [6.07, 6.45) is 1.69. The molecule has 0 fully saturated rings. The van der Waals surface area contributed by atoms with Crippen molar-refractivity contribution in [3.8, 4) is 5.75 Å². The van der Waals surface area contributed by atoms with E-state index in [9.17, 15) is 0 Å². The molecule has 0 spiro atoms. The number of rotatable bonds is 3. The second kappa shape index (κ2) is 4.67. The smallest absolute Gasteiger partial charge is 0.128 e. The molecule has 0 saturated carbocycles. The van der Waals surface area contributed by atoms with Crippen LogP contribution in [0, 0.1) is 0 Å². The quantitative estimate of drug-likeness (QED) is 0.907. The maximum absolute atomic E-state index is 6.07. The van der Waals surface area contributed by atoms with Crippen molar-refractivity contribution in [3.63, 3.8) is 0 Å². The summed E-state index contributed by atoms with van der Waals surface area (Å²) in [7, 11) is 1.64. The lowest BCUT2D eigenvalue weighted by molar-refractivity contribution is 0.414. The molecule has 0 aliphatic rings. The lowest BCUT2D eigenvalue weighted by Gasteiger charge is -2.09. The van der Waals surface area contributed by atoms with Gasteiger partial charge >= 0.3 is 0 Å². The molecule has 0 bridgehead atoms. The first-order valence-electron chi connectivity index (χ1n) is 4.80. The van der Waals surface area contributed by atoms with Gasteiger partial charge in [0.25, 0.3) is 0 Å². The standard InChI is InChI=1S/C11H12BrN3O/c1-16-8-4-2-7(3-5-8)10(13)11-14-6-9(12)15-11/h2-6,10H,13H2,1H3,(H,14,15). The third-order valence-corrected chi connectivity index (χ3v) is 2.74. The summed E-state index contributed by atoms with van der Waals surface area (Å²) in [4.78, 5) is 7.23. The van der Waals surface area contributed by atoms with Crippen LogP contribution in [0.1, 0.15) is 17.4 Å². The summed E-state index contributed by atoms with van der Waals surface area (Å²) < 4.78 is 5.91. The van der Waals surface area contributed by atoms with Gasteiger partial charge in [0.2, 0.25) is 0 Å². The van der Waals surface area contributed by atoms with Crippen molar-refractivity contribution in [2.24, 2.45) is 5.73 Å². The number of hydrogen-bond donors (Lipinski definition) is 2. The minimum Gasteiger partial charge on any atom is -0.497 e. The highest BCUT2D eigenvalue weighted by atomic mass is 79.9. The Hall–Kier alpha value is -1.33. The molecule has 4 nitrogen and oxygen atoms in total. The normalized spacial score (nSPS) is 12.4. The summed E-state index contributed by atoms with van der Waals surface area (Å²) in [5, 5.41) is 0. The Bertz CT molecular complexity index is 466. The van der Waals surface area contributed by atoms with E-state index in [1.807, 2.05) is 24.3 Å². The van der Waals surface area contributed by atoms with E-state index < -0.39 is 0 Å². The topological polar surface area (TPSA) is 63.9 Å². The van der Waals surface area contributed by atoms with E-state index in [-0.39, 0.29) is 6.04 Å². The SMILES string of the molecule is COc1ccc(C(N)c2ncc(Br)[nH]2)cc1. The van der Waals surface area contributed by atoms with Crippen LogP contribution in [-0.4, -0.2) is 17.1 Å². The van der Waals surface area contributed by atoms with Crippen LogP contribution >= 0.6 is 15.9 Å². The van der Waals surface area contributed by atoms with Gasteiger partial charge in [-0.2, -0.15) is 0 Å². The third kappa shape index (κ3) is 2.25. The fourth-order valence-corrected chi connectivity index (χ4v) is 1.75. The van der Waals surface area contributed by atoms with Gasteiger partial charge in [-0.1, -0.05) is 12.1 Å². The molecule has 0 amide bonds. The van der Waals surface area contributed by atoms with Crippen LogP contribution in [0.4, 0.5) is 0 Å². The van der Waals surface area contributed by atoms with Gasteiger partial charge < -0.3 is 15.5 Å². The summed E-state index contributed by atoms with van der Waals surface area (Å²) in [5.41, 5.74) is 7.05. The number of aromatic amines is 1. The minimum atomic E-state index is -0.253. The molecule has 2 rings (SSSR count). The molecule has 16 heavy (non-hydrogen) atoms. The van der Waals surface area contributed by atoms with E-state index >= 15 is 0 Å². The highest BCUT2D eigenvalue weighted by Gasteiger charge is 2.11. The number of nitrogens with zero attached hydrogens (tertiary/aromatic N) is 1. The molecular formula is C11H12BrN3O. The van der Waals surface area contributed by atoms with Gasteiger partial charge in [0.1, 0.15) is 16.2 Å². The van der Waals surface area contributed by atoms with Crippen LogP contribution < -0.4 is 10.5 Å². The molecule has 0 radical (unpaired) electrons. The number of halogens is 1. The van der Waals surface area contributed by atoms with Crippen molar-refractivity contribution < 1.29 is 4.74 Å². The number of imidazole rings is 1. The Labute approximate surface area is 102 Å². The predicted molar refractivity (Wildman–Crippen MR) is 65.3 cm³/mol. The second-order valence-corrected chi connectivity index (χ2v) is 4.22. The van der Waals surface area contributed by atoms with Crippen molar-refractivity contribution in [2.45, 2.75) is 6.04 Å². The van der Waals surface area contributed by atoms with Gasteiger partial charge in [0.05, 0.1) is 19.3 Å². The molecule has 84 valence electrons. The van der Waals surface area contributed by atoms with Crippen molar-refractivity contribution in [3.05, 3.63) is 46.5 Å². The molecule has 1 unspecified atom stereocenters. The number of H-pyrrole nitrogens is 1. The first-order valence-corrected chi connectivity index (χ1v) is 5.60. The largest absolute Gasteiger partial charge is 0.497 e. The van der Waals surface area contributed by atoms with Crippen LogP contribution in [0.2, 0.25) is 0 Å². The molecule has 1 heterocycles. The number of nitrogens with one attached hydrogen (secondary N) is 1. The van der Waals surface area contributed by atoms with Crippen LogP contribution in [0.15, 0.2) is 35.1 Å². The number of benzene rings is 1. The Morgan fingerprint density at radius 2 is 2.06 bits per heavy atom. The van der Waals surface area contributed by atoms with Gasteiger partial charge in [0, 0.05) is 0 Å². The van der Waals surface area contributed by atoms with Crippen molar-refractivity contribution >= 4 is 15.9 Å². The first-order chi connectivity index (χ1) is 7.70. The Balaban J connectivity index is 2.23. The van der Waals surface area contributed by atoms with Gasteiger partial charge in [0.15, 0.2) is 0 Å². The number of ether oxygens (including phenoxy) is 1. The first kappa shape index (κ1) is 11.2. The summed E-state index contributed by atoms with van der Waals surface area (Å²) in [6.45, 7) is 0. The Morgan fingerprint density at radius 3 is 2.56 bits per heavy atom. The lowest BCUT2D eigenvalue weighted by Crippen LogP contribution is -2.13. The highest BCUT2D eigenvalue weighted by Crippen LogP contribution is 2.20. The lowest BCUT2D eigenvalue weighted by atomic mass is 10.1. The number of methoxy groups -OCH3 is 1. The van der Waals surface area contributed by atoms with E-state index in [1.54, 1.807) is 13.3 Å². The molecule has 0 aliphatic heterocycles. The predicted octanol–water partition coefficient (Wildman–Crippen LogP) is 2.23. The van der Waals surface area contributed by atoms with Gasteiger partial charge in [-0.15, -0.1) is 0 Å². The van der Waals surface area contributed by atoms with E-state index in [1.165, 1.54) is 0 Å².